The van der Waals surface area contributed by atoms with Crippen LogP contribution in [0.15, 0.2) is 53.4 Å². The van der Waals surface area contributed by atoms with Crippen LogP contribution in [-0.2, 0) is 16.4 Å². The van der Waals surface area contributed by atoms with E-state index < -0.39 is 21.9 Å². The van der Waals surface area contributed by atoms with E-state index in [1.807, 2.05) is 13.0 Å². The Kier molecular flexibility index (Phi) is 5.28. The molecule has 118 valence electrons. The summed E-state index contributed by atoms with van der Waals surface area (Å²) in [5.41, 5.74) is 0.963. The summed E-state index contributed by atoms with van der Waals surface area (Å²) in [6.07, 6.45) is -0.522. The van der Waals surface area contributed by atoms with E-state index in [1.165, 1.54) is 24.3 Å². The van der Waals surface area contributed by atoms with Crippen LogP contribution in [0.2, 0.25) is 0 Å². The molecule has 0 heterocycles. The van der Waals surface area contributed by atoms with Crippen LogP contribution >= 0.6 is 0 Å². The van der Waals surface area contributed by atoms with Gasteiger partial charge in [0.2, 0.25) is 10.0 Å². The number of hydrogen-bond acceptors (Lipinski definition) is 3. The van der Waals surface area contributed by atoms with E-state index in [4.69, 9.17) is 0 Å². The molecular weight excluding hydrogens is 305 g/mol. The molecule has 0 aliphatic carbocycles. The maximum Gasteiger partial charge on any atom is 0.240 e. The summed E-state index contributed by atoms with van der Waals surface area (Å²) in [4.78, 5) is 0.132. The lowest BCUT2D eigenvalue weighted by Gasteiger charge is -2.13. The van der Waals surface area contributed by atoms with E-state index in [2.05, 4.69) is 4.72 Å². The third kappa shape index (κ3) is 3.91. The van der Waals surface area contributed by atoms with Crippen molar-refractivity contribution < 1.29 is 17.9 Å². The number of sulfonamides is 1. The molecule has 6 heteroatoms. The molecule has 2 N–H and O–H groups in total. The predicted molar refractivity (Wildman–Crippen MR) is 82.4 cm³/mol. The second-order valence-electron chi connectivity index (χ2n) is 4.89. The Bertz CT molecular complexity index is 747. The third-order valence-corrected chi connectivity index (χ3v) is 4.77. The minimum atomic E-state index is -3.74. The zero-order chi connectivity index (χ0) is 16.2. The minimum absolute atomic E-state index is 0.0625. The number of benzene rings is 2. The van der Waals surface area contributed by atoms with Crippen molar-refractivity contribution in [1.29, 1.82) is 0 Å². The van der Waals surface area contributed by atoms with Crippen molar-refractivity contribution in [3.05, 3.63) is 65.5 Å². The first-order valence-corrected chi connectivity index (χ1v) is 8.43. The normalized spacial score (nSPS) is 13.0. The molecule has 0 aliphatic heterocycles. The third-order valence-electron chi connectivity index (χ3n) is 3.35. The van der Waals surface area contributed by atoms with Crippen molar-refractivity contribution in [2.45, 2.75) is 24.3 Å². The van der Waals surface area contributed by atoms with E-state index >= 15 is 0 Å². The Labute approximate surface area is 129 Å². The Hall–Kier alpha value is -1.76. The van der Waals surface area contributed by atoms with Gasteiger partial charge in [0.15, 0.2) is 0 Å². The molecule has 2 aromatic carbocycles. The van der Waals surface area contributed by atoms with Gasteiger partial charge in [-0.1, -0.05) is 37.3 Å². The van der Waals surface area contributed by atoms with Gasteiger partial charge in [-0.15, -0.1) is 0 Å². The number of aliphatic hydroxyl groups excluding tert-OH is 1. The van der Waals surface area contributed by atoms with Crippen molar-refractivity contribution in [1.82, 2.24) is 4.72 Å². The molecule has 1 unspecified atom stereocenters. The second-order valence-corrected chi connectivity index (χ2v) is 6.66. The lowest BCUT2D eigenvalue weighted by atomic mass is 10.1. The summed E-state index contributed by atoms with van der Waals surface area (Å²) in [6, 6.07) is 12.3. The highest BCUT2D eigenvalue weighted by Gasteiger charge is 2.18. The fraction of sp³-hybridized carbons (Fsp3) is 0.250. The van der Waals surface area contributed by atoms with Crippen LogP contribution in [0.25, 0.3) is 0 Å². The summed E-state index contributed by atoms with van der Waals surface area (Å²) in [5.74, 6) is -0.567. The minimum Gasteiger partial charge on any atom is -0.387 e. The van der Waals surface area contributed by atoms with Gasteiger partial charge in [0.05, 0.1) is 11.0 Å². The smallest absolute Gasteiger partial charge is 0.240 e. The molecule has 0 saturated heterocycles. The highest BCUT2D eigenvalue weighted by Crippen LogP contribution is 2.17. The molecule has 0 fully saturated rings. The molecule has 2 aromatic rings. The van der Waals surface area contributed by atoms with Crippen LogP contribution in [0, 0.1) is 5.82 Å². The van der Waals surface area contributed by atoms with Gasteiger partial charge in [-0.2, -0.15) is 0 Å². The lowest BCUT2D eigenvalue weighted by Crippen LogP contribution is -2.29. The van der Waals surface area contributed by atoms with Crippen LogP contribution in [0.5, 0.6) is 0 Å². The molecule has 0 spiro atoms. The van der Waals surface area contributed by atoms with E-state index in [-0.39, 0.29) is 17.0 Å². The molecule has 4 nitrogen and oxygen atoms in total. The van der Waals surface area contributed by atoms with E-state index in [1.54, 1.807) is 18.2 Å². The van der Waals surface area contributed by atoms with Crippen LogP contribution in [0.3, 0.4) is 0 Å². The Balaban J connectivity index is 2.11. The lowest BCUT2D eigenvalue weighted by molar-refractivity contribution is 0.177. The Morgan fingerprint density at radius 3 is 2.59 bits per heavy atom. The average molecular weight is 323 g/mol. The number of aryl methyl sites for hydroxylation is 1. The summed E-state index contributed by atoms with van der Waals surface area (Å²) >= 11 is 0. The number of aliphatic hydroxyl groups is 1. The molecule has 0 amide bonds. The molecule has 22 heavy (non-hydrogen) atoms. The first-order valence-electron chi connectivity index (χ1n) is 6.95. The van der Waals surface area contributed by atoms with Gasteiger partial charge in [0, 0.05) is 12.1 Å². The first-order chi connectivity index (χ1) is 10.4. The highest BCUT2D eigenvalue weighted by atomic mass is 32.2. The number of rotatable bonds is 6. The van der Waals surface area contributed by atoms with E-state index in [0.717, 1.165) is 12.0 Å². The number of hydrogen-bond donors (Lipinski definition) is 2. The SMILES string of the molecule is CCc1cccc(S(=O)(=O)NCC(O)c2ccccc2F)c1. The Morgan fingerprint density at radius 1 is 1.18 bits per heavy atom. The van der Waals surface area contributed by atoms with Gasteiger partial charge < -0.3 is 5.11 Å². The topological polar surface area (TPSA) is 66.4 Å². The van der Waals surface area contributed by atoms with Crippen LogP contribution < -0.4 is 4.72 Å². The van der Waals surface area contributed by atoms with Gasteiger partial charge in [0.25, 0.3) is 0 Å². The van der Waals surface area contributed by atoms with Crippen molar-refractivity contribution in [2.24, 2.45) is 0 Å². The van der Waals surface area contributed by atoms with E-state index in [0.29, 0.717) is 0 Å². The zero-order valence-corrected chi connectivity index (χ0v) is 13.0. The monoisotopic (exact) mass is 323 g/mol. The molecule has 0 bridgehead atoms. The molecule has 0 aromatic heterocycles. The molecular formula is C16H18FNO3S. The van der Waals surface area contributed by atoms with Crippen LogP contribution in [0.4, 0.5) is 4.39 Å². The standard InChI is InChI=1S/C16H18FNO3S/c1-2-12-6-5-7-13(10-12)22(20,21)18-11-16(19)14-8-3-4-9-15(14)17/h3-10,16,18-19H,2,11H2,1H3. The van der Waals surface area contributed by atoms with Gasteiger partial charge >= 0.3 is 0 Å². The van der Waals surface area contributed by atoms with Crippen molar-refractivity contribution in [3.63, 3.8) is 0 Å². The predicted octanol–water partition coefficient (Wildman–Crippen LogP) is 2.40. The summed E-state index contributed by atoms with van der Waals surface area (Å²) in [6.45, 7) is 1.64. The average Bonchev–Trinajstić information content (AvgIpc) is 2.53. The highest BCUT2D eigenvalue weighted by molar-refractivity contribution is 7.89. The van der Waals surface area contributed by atoms with E-state index in [9.17, 15) is 17.9 Å². The fourth-order valence-corrected chi connectivity index (χ4v) is 3.17. The number of halogens is 1. The zero-order valence-electron chi connectivity index (χ0n) is 12.2. The van der Waals surface area contributed by atoms with Gasteiger partial charge in [-0.25, -0.2) is 17.5 Å². The molecule has 1 atom stereocenters. The Morgan fingerprint density at radius 2 is 1.91 bits per heavy atom. The second kappa shape index (κ2) is 7.00. The molecule has 0 aliphatic rings. The van der Waals surface area contributed by atoms with Crippen molar-refractivity contribution in [3.8, 4) is 0 Å². The van der Waals surface area contributed by atoms with Gasteiger partial charge in [0.1, 0.15) is 5.82 Å². The molecule has 0 radical (unpaired) electrons. The summed E-state index contributed by atoms with van der Waals surface area (Å²) < 4.78 is 40.3. The molecule has 0 saturated carbocycles. The summed E-state index contributed by atoms with van der Waals surface area (Å²) in [7, 11) is -3.74. The van der Waals surface area contributed by atoms with Crippen LogP contribution in [-0.4, -0.2) is 20.1 Å². The first kappa shape index (κ1) is 16.6. The largest absolute Gasteiger partial charge is 0.387 e. The van der Waals surface area contributed by atoms with Gasteiger partial charge in [-0.3, -0.25) is 0 Å². The fourth-order valence-electron chi connectivity index (χ4n) is 2.06. The summed E-state index contributed by atoms with van der Waals surface area (Å²) in [5, 5.41) is 9.95. The van der Waals surface area contributed by atoms with Crippen LogP contribution in [0.1, 0.15) is 24.2 Å². The van der Waals surface area contributed by atoms with Crippen molar-refractivity contribution in [2.75, 3.05) is 6.54 Å². The maximum absolute atomic E-state index is 13.5. The van der Waals surface area contributed by atoms with Crippen molar-refractivity contribution >= 4 is 10.0 Å². The molecule has 2 rings (SSSR count). The number of nitrogens with one attached hydrogen (secondary N) is 1. The van der Waals surface area contributed by atoms with Gasteiger partial charge in [-0.05, 0) is 30.2 Å². The maximum atomic E-state index is 13.5. The quantitative estimate of drug-likeness (QED) is 0.858.